The van der Waals surface area contributed by atoms with E-state index in [4.69, 9.17) is 4.74 Å². The van der Waals surface area contributed by atoms with E-state index in [1.807, 2.05) is 24.3 Å². The van der Waals surface area contributed by atoms with E-state index in [0.29, 0.717) is 20.5 Å². The number of ether oxygens (including phenoxy) is 2. The highest BCUT2D eigenvalue weighted by Crippen LogP contribution is 2.33. The minimum atomic E-state index is -4.87. The largest absolute Gasteiger partial charge is 0.573 e. The number of nitrogens with one attached hydrogen (secondary N) is 1. The highest BCUT2D eigenvalue weighted by Gasteiger charge is 2.32. The lowest BCUT2D eigenvalue weighted by Crippen LogP contribution is -2.31. The minimum Gasteiger partial charge on any atom is -0.462 e. The van der Waals surface area contributed by atoms with Crippen LogP contribution in [0, 0.1) is 10.6 Å². The first-order valence-corrected chi connectivity index (χ1v) is 14.2. The number of aromatic nitrogens is 1. The highest BCUT2D eigenvalue weighted by molar-refractivity contribution is 14.1. The number of halogens is 4. The summed E-state index contributed by atoms with van der Waals surface area (Å²) in [6.07, 6.45) is -4.87. The molecular formula is C27H22F3IN2O5S. The van der Waals surface area contributed by atoms with Gasteiger partial charge in [-0.1, -0.05) is 36.4 Å². The van der Waals surface area contributed by atoms with Crippen molar-refractivity contribution >= 4 is 49.4 Å². The molecule has 0 radical (unpaired) electrons. The second kappa shape index (κ2) is 11.5. The molecule has 4 rings (SSSR count). The van der Waals surface area contributed by atoms with Crippen molar-refractivity contribution in [3.8, 4) is 5.75 Å². The second-order valence-corrected chi connectivity index (χ2v) is 11.1. The molecule has 4 aromatic rings. The smallest absolute Gasteiger partial charge is 0.462 e. The van der Waals surface area contributed by atoms with Crippen LogP contribution in [0.15, 0.2) is 77.7 Å². The number of alkyl halides is 3. The molecule has 0 aliphatic rings. The standard InChI is InChI=1S/C27H22F3IN2O5S/c1-3-37-26(34)18-10-14-20(15-11-18)39(35,36)33-24(17-8-12-19(13-9-17)38-27(28,29)30)23-16(2)21-6-4-5-7-22(21)25(31)32-23/h4-15,24,33H,3H2,1-2H3. The predicted molar refractivity (Wildman–Crippen MR) is 147 cm³/mol. The molecule has 204 valence electrons. The Morgan fingerprint density at radius 3 is 2.21 bits per heavy atom. The van der Waals surface area contributed by atoms with Gasteiger partial charge in [-0.05, 0) is 89.3 Å². The Morgan fingerprint density at radius 1 is 1.00 bits per heavy atom. The number of esters is 1. The van der Waals surface area contributed by atoms with Gasteiger partial charge < -0.3 is 9.47 Å². The summed E-state index contributed by atoms with van der Waals surface area (Å²) in [6, 6.07) is 16.6. The van der Waals surface area contributed by atoms with Crippen LogP contribution in [0.3, 0.4) is 0 Å². The fourth-order valence-electron chi connectivity index (χ4n) is 4.01. The predicted octanol–water partition coefficient (Wildman–Crippen LogP) is 6.29. The molecule has 0 spiro atoms. The van der Waals surface area contributed by atoms with Crippen molar-refractivity contribution in [2.24, 2.45) is 0 Å². The first-order valence-electron chi connectivity index (χ1n) is 11.6. The van der Waals surface area contributed by atoms with Crippen LogP contribution in [0.4, 0.5) is 13.2 Å². The number of carbonyl (C=O) groups excluding carboxylic acids is 1. The number of aryl methyl sites for hydroxylation is 1. The van der Waals surface area contributed by atoms with Crippen molar-refractivity contribution in [1.82, 2.24) is 9.71 Å². The van der Waals surface area contributed by atoms with Crippen LogP contribution in [0.5, 0.6) is 5.75 Å². The Hall–Kier alpha value is -3.23. The Balaban J connectivity index is 1.78. The SMILES string of the molecule is CCOC(=O)c1ccc(S(=O)(=O)NC(c2ccc(OC(F)(F)F)cc2)c2nc(I)c3ccccc3c2C)cc1. The molecule has 1 unspecified atom stereocenters. The Labute approximate surface area is 236 Å². The zero-order chi connectivity index (χ0) is 28.4. The van der Waals surface area contributed by atoms with E-state index >= 15 is 0 Å². The van der Waals surface area contributed by atoms with Crippen LogP contribution in [-0.2, 0) is 14.8 Å². The fraction of sp³-hybridized carbons (Fsp3) is 0.185. The van der Waals surface area contributed by atoms with Gasteiger partial charge in [-0.2, -0.15) is 4.72 Å². The van der Waals surface area contributed by atoms with Crippen molar-refractivity contribution in [3.63, 3.8) is 0 Å². The van der Waals surface area contributed by atoms with Crippen LogP contribution in [0.1, 0.15) is 40.1 Å². The molecule has 7 nitrogen and oxygen atoms in total. The first-order chi connectivity index (χ1) is 18.4. The van der Waals surface area contributed by atoms with Crippen molar-refractivity contribution in [3.05, 3.63) is 98.9 Å². The van der Waals surface area contributed by atoms with Crippen molar-refractivity contribution in [2.45, 2.75) is 31.1 Å². The van der Waals surface area contributed by atoms with Gasteiger partial charge in [-0.3, -0.25) is 0 Å². The van der Waals surface area contributed by atoms with E-state index in [2.05, 4.69) is 37.0 Å². The molecule has 0 fully saturated rings. The van der Waals surface area contributed by atoms with Gasteiger partial charge >= 0.3 is 12.3 Å². The number of sulfonamides is 1. The molecule has 1 aromatic heterocycles. The lowest BCUT2D eigenvalue weighted by Gasteiger charge is -2.22. The average molecular weight is 670 g/mol. The van der Waals surface area contributed by atoms with Crippen molar-refractivity contribution in [1.29, 1.82) is 0 Å². The average Bonchev–Trinajstić information content (AvgIpc) is 2.89. The van der Waals surface area contributed by atoms with Gasteiger partial charge in [-0.25, -0.2) is 18.2 Å². The van der Waals surface area contributed by atoms with Crippen LogP contribution >= 0.6 is 22.6 Å². The fourth-order valence-corrected chi connectivity index (χ4v) is 5.93. The van der Waals surface area contributed by atoms with Gasteiger partial charge in [0.25, 0.3) is 0 Å². The summed E-state index contributed by atoms with van der Waals surface area (Å²) in [4.78, 5) is 16.5. The number of hydrogen-bond donors (Lipinski definition) is 1. The number of rotatable bonds is 8. The van der Waals surface area contributed by atoms with Crippen molar-refractivity contribution < 1.29 is 35.9 Å². The molecule has 12 heteroatoms. The summed E-state index contributed by atoms with van der Waals surface area (Å²) in [5, 5.41) is 1.73. The monoisotopic (exact) mass is 670 g/mol. The number of benzene rings is 3. The van der Waals surface area contributed by atoms with E-state index in [0.717, 1.165) is 22.9 Å². The van der Waals surface area contributed by atoms with Gasteiger partial charge in [0.05, 0.1) is 28.8 Å². The molecule has 0 bridgehead atoms. The number of hydrogen-bond acceptors (Lipinski definition) is 6. The van der Waals surface area contributed by atoms with Crippen LogP contribution in [-0.4, -0.2) is 32.3 Å². The molecule has 3 aromatic carbocycles. The molecule has 0 aliphatic carbocycles. The lowest BCUT2D eigenvalue weighted by molar-refractivity contribution is -0.274. The summed E-state index contributed by atoms with van der Waals surface area (Å²) >= 11 is 2.06. The summed E-state index contributed by atoms with van der Waals surface area (Å²) in [5.41, 5.74) is 1.62. The Kier molecular flexibility index (Phi) is 8.47. The zero-order valence-corrected chi connectivity index (χ0v) is 23.6. The maximum absolute atomic E-state index is 13.5. The van der Waals surface area contributed by atoms with E-state index in [1.54, 1.807) is 13.8 Å². The normalized spacial score (nSPS) is 12.8. The molecule has 1 atom stereocenters. The van der Waals surface area contributed by atoms with E-state index < -0.39 is 34.1 Å². The van der Waals surface area contributed by atoms with Crippen LogP contribution < -0.4 is 9.46 Å². The summed E-state index contributed by atoms with van der Waals surface area (Å²) in [5.74, 6) is -1.03. The number of carbonyl (C=O) groups is 1. The summed E-state index contributed by atoms with van der Waals surface area (Å²) in [7, 11) is -4.19. The van der Waals surface area contributed by atoms with Gasteiger partial charge in [0.15, 0.2) is 0 Å². The molecule has 1 N–H and O–H groups in total. The quantitative estimate of drug-likeness (QED) is 0.135. The maximum atomic E-state index is 13.5. The molecule has 39 heavy (non-hydrogen) atoms. The summed E-state index contributed by atoms with van der Waals surface area (Å²) in [6.45, 7) is 3.63. The second-order valence-electron chi connectivity index (χ2n) is 8.37. The number of fused-ring (bicyclic) bond motifs is 1. The Morgan fingerprint density at radius 2 is 1.62 bits per heavy atom. The number of pyridine rings is 1. The molecule has 0 saturated heterocycles. The Bertz CT molecular complexity index is 1610. The third-order valence-electron chi connectivity index (χ3n) is 5.83. The molecule has 1 heterocycles. The first kappa shape index (κ1) is 28.8. The molecule has 0 aliphatic heterocycles. The molecule has 0 amide bonds. The third-order valence-corrected chi connectivity index (χ3v) is 8.09. The van der Waals surface area contributed by atoms with Gasteiger partial charge in [0, 0.05) is 5.39 Å². The van der Waals surface area contributed by atoms with E-state index in [9.17, 15) is 26.4 Å². The highest BCUT2D eigenvalue weighted by atomic mass is 127. The maximum Gasteiger partial charge on any atom is 0.573 e. The van der Waals surface area contributed by atoms with Crippen LogP contribution in [0.2, 0.25) is 0 Å². The van der Waals surface area contributed by atoms with Crippen LogP contribution in [0.25, 0.3) is 10.8 Å². The van der Waals surface area contributed by atoms with Gasteiger partial charge in [0.1, 0.15) is 9.45 Å². The topological polar surface area (TPSA) is 94.6 Å². The lowest BCUT2D eigenvalue weighted by atomic mass is 9.97. The van der Waals surface area contributed by atoms with E-state index in [-0.39, 0.29) is 17.1 Å². The molecule has 0 saturated carbocycles. The van der Waals surface area contributed by atoms with Crippen molar-refractivity contribution in [2.75, 3.05) is 6.61 Å². The minimum absolute atomic E-state index is 0.120. The van der Waals surface area contributed by atoms with Gasteiger partial charge in [0.2, 0.25) is 10.0 Å². The van der Waals surface area contributed by atoms with E-state index in [1.165, 1.54) is 36.4 Å². The third kappa shape index (κ3) is 6.68. The zero-order valence-electron chi connectivity index (χ0n) is 20.6. The summed E-state index contributed by atoms with van der Waals surface area (Å²) < 4.78 is 77.2. The number of nitrogens with zero attached hydrogens (tertiary/aromatic N) is 1. The molecular weight excluding hydrogens is 648 g/mol. The van der Waals surface area contributed by atoms with Gasteiger partial charge in [-0.15, -0.1) is 13.2 Å².